The van der Waals surface area contributed by atoms with Gasteiger partial charge in [-0.05, 0) is 18.2 Å². The van der Waals surface area contributed by atoms with Gasteiger partial charge in [0, 0.05) is 17.1 Å². The zero-order chi connectivity index (χ0) is 8.84. The Morgan fingerprint density at radius 1 is 1.15 bits per heavy atom. The summed E-state index contributed by atoms with van der Waals surface area (Å²) < 4.78 is 0. The van der Waals surface area contributed by atoms with E-state index in [1.165, 1.54) is 0 Å². The van der Waals surface area contributed by atoms with Gasteiger partial charge in [0.2, 0.25) is 0 Å². The van der Waals surface area contributed by atoms with Gasteiger partial charge in [-0.25, -0.2) is 4.79 Å². The molecule has 1 aromatic heterocycles. The molecule has 0 atom stereocenters. The number of nitrogens with zero attached hydrogens (tertiary/aromatic N) is 2. The highest BCUT2D eigenvalue weighted by atomic mass is 16.2. The highest BCUT2D eigenvalue weighted by Gasteiger charge is 2.07. The van der Waals surface area contributed by atoms with E-state index in [2.05, 4.69) is 15.0 Å². The second-order valence-corrected chi connectivity index (χ2v) is 2.88. The molecule has 62 valence electrons. The topological polar surface area (TPSA) is 57.6 Å². The Labute approximate surface area is 72.6 Å². The van der Waals surface area contributed by atoms with Crippen LogP contribution in [-0.4, -0.2) is 11.0 Å². The summed E-state index contributed by atoms with van der Waals surface area (Å²) in [7, 11) is 0. The predicted molar refractivity (Wildman–Crippen MR) is 46.0 cm³/mol. The zero-order valence-corrected chi connectivity index (χ0v) is 6.61. The smallest absolute Gasteiger partial charge is 0.361 e. The minimum atomic E-state index is -0.413. The van der Waals surface area contributed by atoms with Gasteiger partial charge in [-0.1, -0.05) is 0 Å². The van der Waals surface area contributed by atoms with Gasteiger partial charge in [0.1, 0.15) is 5.36 Å². The summed E-state index contributed by atoms with van der Waals surface area (Å²) in [5.74, 6) is 0. The summed E-state index contributed by atoms with van der Waals surface area (Å²) in [5, 5.41) is 2.30. The third kappa shape index (κ3) is 0.767. The van der Waals surface area contributed by atoms with Gasteiger partial charge >= 0.3 is 6.03 Å². The molecule has 1 aromatic carbocycles. The fourth-order valence-corrected chi connectivity index (χ4v) is 1.54. The molecule has 4 nitrogen and oxygen atoms in total. The molecule has 1 aliphatic rings. The number of carbonyl (C=O) groups is 1. The van der Waals surface area contributed by atoms with E-state index in [-0.39, 0.29) is 0 Å². The average Bonchev–Trinajstić information content (AvgIpc) is 2.65. The third-order valence-electron chi connectivity index (χ3n) is 2.11. The van der Waals surface area contributed by atoms with Crippen molar-refractivity contribution in [1.29, 1.82) is 0 Å². The lowest BCUT2D eigenvalue weighted by molar-refractivity contribution is 0.257. The molecule has 1 N–H and O–H groups in total. The van der Waals surface area contributed by atoms with E-state index in [0.29, 0.717) is 10.7 Å². The zero-order valence-electron chi connectivity index (χ0n) is 6.61. The number of amides is 2. The standard InChI is InChI=1S/C9H5N3O/c13-9-11-7-2-1-6-5(3-4-10-6)8(7)12-9/h1-4,10H. The molecule has 0 spiro atoms. The Morgan fingerprint density at radius 2 is 2.08 bits per heavy atom. The molecule has 0 saturated heterocycles. The maximum absolute atomic E-state index is 10.9. The number of H-pyrrole nitrogens is 1. The average molecular weight is 171 g/mol. The number of aromatic nitrogens is 1. The van der Waals surface area contributed by atoms with Crippen molar-refractivity contribution in [3.8, 4) is 0 Å². The van der Waals surface area contributed by atoms with Crippen molar-refractivity contribution in [1.82, 2.24) is 4.98 Å². The van der Waals surface area contributed by atoms with Crippen molar-refractivity contribution in [2.75, 3.05) is 0 Å². The molecule has 3 rings (SSSR count). The van der Waals surface area contributed by atoms with Crippen LogP contribution in [0.3, 0.4) is 0 Å². The SMILES string of the molecule is O=C1N=c2ccc3[nH]ccc3c2=N1. The minimum Gasteiger partial charge on any atom is -0.361 e. The molecule has 4 heteroatoms. The Hall–Kier alpha value is -1.97. The van der Waals surface area contributed by atoms with E-state index in [9.17, 15) is 4.79 Å². The van der Waals surface area contributed by atoms with Crippen molar-refractivity contribution in [3.05, 3.63) is 35.1 Å². The van der Waals surface area contributed by atoms with Crippen molar-refractivity contribution in [2.45, 2.75) is 0 Å². The molecular weight excluding hydrogens is 166 g/mol. The van der Waals surface area contributed by atoms with E-state index < -0.39 is 6.03 Å². The summed E-state index contributed by atoms with van der Waals surface area (Å²) >= 11 is 0. The number of rotatable bonds is 0. The number of aromatic amines is 1. The maximum atomic E-state index is 10.9. The highest BCUT2D eigenvalue weighted by Crippen LogP contribution is 2.04. The second kappa shape index (κ2) is 2.04. The van der Waals surface area contributed by atoms with E-state index in [1.807, 2.05) is 18.3 Å². The lowest BCUT2D eigenvalue weighted by atomic mass is 10.2. The Morgan fingerprint density at radius 3 is 3.00 bits per heavy atom. The van der Waals surface area contributed by atoms with Crippen LogP contribution < -0.4 is 10.7 Å². The first-order chi connectivity index (χ1) is 6.34. The maximum Gasteiger partial charge on any atom is 0.368 e. The van der Waals surface area contributed by atoms with Gasteiger partial charge in [-0.2, -0.15) is 9.98 Å². The largest absolute Gasteiger partial charge is 0.368 e. The van der Waals surface area contributed by atoms with E-state index in [0.717, 1.165) is 10.9 Å². The van der Waals surface area contributed by atoms with Crippen LogP contribution >= 0.6 is 0 Å². The monoisotopic (exact) mass is 171 g/mol. The van der Waals surface area contributed by atoms with Crippen LogP contribution in [0.5, 0.6) is 0 Å². The van der Waals surface area contributed by atoms with Crippen molar-refractivity contribution in [3.63, 3.8) is 0 Å². The number of carbonyl (C=O) groups excluding carboxylic acids is 1. The van der Waals surface area contributed by atoms with Gasteiger partial charge in [0.05, 0.1) is 5.36 Å². The van der Waals surface area contributed by atoms with E-state index >= 15 is 0 Å². The van der Waals surface area contributed by atoms with Crippen molar-refractivity contribution < 1.29 is 4.79 Å². The van der Waals surface area contributed by atoms with E-state index in [1.54, 1.807) is 6.07 Å². The summed E-state index contributed by atoms with van der Waals surface area (Å²) in [5.41, 5.74) is 0.979. The van der Waals surface area contributed by atoms with Gasteiger partial charge in [-0.15, -0.1) is 0 Å². The first-order valence-electron chi connectivity index (χ1n) is 3.92. The first-order valence-corrected chi connectivity index (χ1v) is 3.92. The molecular formula is C9H5N3O. The lowest BCUT2D eigenvalue weighted by Gasteiger charge is -1.85. The number of fused-ring (bicyclic) bond motifs is 3. The molecule has 13 heavy (non-hydrogen) atoms. The van der Waals surface area contributed by atoms with Gasteiger partial charge in [-0.3, -0.25) is 0 Å². The molecule has 2 heterocycles. The van der Waals surface area contributed by atoms with Crippen LogP contribution in [0.1, 0.15) is 0 Å². The molecule has 2 amide bonds. The van der Waals surface area contributed by atoms with Gasteiger partial charge in [0.25, 0.3) is 0 Å². The Bertz CT molecular complexity index is 624. The summed E-state index contributed by atoms with van der Waals surface area (Å²) in [4.78, 5) is 21.6. The fourth-order valence-electron chi connectivity index (χ4n) is 1.54. The third-order valence-corrected chi connectivity index (χ3v) is 2.11. The minimum absolute atomic E-state index is 0.413. The normalized spacial score (nSPS) is 14.0. The fraction of sp³-hybridized carbons (Fsp3) is 0. The van der Waals surface area contributed by atoms with Crippen LogP contribution in [0.15, 0.2) is 34.4 Å². The van der Waals surface area contributed by atoms with Crippen LogP contribution in [0.2, 0.25) is 0 Å². The molecule has 0 unspecified atom stereocenters. The number of nitrogens with one attached hydrogen (secondary N) is 1. The van der Waals surface area contributed by atoms with Crippen molar-refractivity contribution >= 4 is 16.9 Å². The molecule has 0 fully saturated rings. The van der Waals surface area contributed by atoms with Crippen LogP contribution in [0.4, 0.5) is 4.79 Å². The lowest BCUT2D eigenvalue weighted by Crippen LogP contribution is -2.21. The summed E-state index contributed by atoms with van der Waals surface area (Å²) in [6, 6.07) is 5.17. The molecule has 1 aliphatic heterocycles. The predicted octanol–water partition coefficient (Wildman–Crippen LogP) is 0.541. The summed E-state index contributed by atoms with van der Waals surface area (Å²) in [6.45, 7) is 0. The molecule has 0 saturated carbocycles. The van der Waals surface area contributed by atoms with Crippen LogP contribution in [-0.2, 0) is 0 Å². The quantitative estimate of drug-likeness (QED) is 0.618. The van der Waals surface area contributed by atoms with Crippen LogP contribution in [0, 0.1) is 0 Å². The number of hydrogen-bond donors (Lipinski definition) is 1. The molecule has 0 aliphatic carbocycles. The number of urea groups is 1. The highest BCUT2D eigenvalue weighted by molar-refractivity contribution is 5.84. The summed E-state index contributed by atoms with van der Waals surface area (Å²) in [6.07, 6.45) is 1.82. The molecule has 2 aromatic rings. The van der Waals surface area contributed by atoms with Crippen molar-refractivity contribution in [2.24, 2.45) is 9.98 Å². The van der Waals surface area contributed by atoms with E-state index in [4.69, 9.17) is 0 Å². The first kappa shape index (κ1) is 6.54. The van der Waals surface area contributed by atoms with Gasteiger partial charge in [0.15, 0.2) is 0 Å². The Kier molecular flexibility index (Phi) is 1.02. The number of hydrogen-bond acceptors (Lipinski definition) is 1. The molecule has 0 radical (unpaired) electrons. The number of benzene rings is 1. The van der Waals surface area contributed by atoms with Gasteiger partial charge < -0.3 is 4.98 Å². The Balaban J connectivity index is 2.69. The second-order valence-electron chi connectivity index (χ2n) is 2.88. The molecule has 0 bridgehead atoms. The van der Waals surface area contributed by atoms with Crippen LogP contribution in [0.25, 0.3) is 10.9 Å².